The minimum atomic E-state index is -4.78. The molecule has 214 valence electrons. The van der Waals surface area contributed by atoms with Gasteiger partial charge in [-0.15, -0.1) is 10.2 Å². The Morgan fingerprint density at radius 3 is 1.49 bits per heavy atom. The first kappa shape index (κ1) is 37.1. The Kier molecular flexibility index (Phi) is 14.0. The molecular weight excluding hydrogens is 620 g/mol. The number of aliphatic hydroxyl groups is 2. The third kappa shape index (κ3) is 9.94. The van der Waals surface area contributed by atoms with Crippen LogP contribution in [0.3, 0.4) is 0 Å². The quantitative estimate of drug-likeness (QED) is 0.108. The maximum atomic E-state index is 11.7. The fraction of sp³-hybridized carbons (Fsp3) is 0.154. The van der Waals surface area contributed by atoms with Crippen LogP contribution in [0.15, 0.2) is 109 Å². The summed E-state index contributed by atoms with van der Waals surface area (Å²) in [7, 11) is -9.41. The molecule has 0 radical (unpaired) electrons. The number of hydrogen-bond donors (Lipinski definition) is 2. The third-order valence-electron chi connectivity index (χ3n) is 5.86. The second kappa shape index (κ2) is 16.3. The summed E-state index contributed by atoms with van der Waals surface area (Å²) in [6.45, 7) is 0.562. The van der Waals surface area contributed by atoms with E-state index in [0.717, 1.165) is 30.0 Å². The zero-order chi connectivity index (χ0) is 29.6. The molecule has 0 aliphatic heterocycles. The number of anilines is 1. The van der Waals surface area contributed by atoms with E-state index in [0.29, 0.717) is 29.9 Å². The second-order valence-corrected chi connectivity index (χ2v) is 11.3. The Morgan fingerprint density at radius 1 is 0.581 bits per heavy atom. The predicted molar refractivity (Wildman–Crippen MR) is 147 cm³/mol. The molecule has 0 spiro atoms. The van der Waals surface area contributed by atoms with Crippen molar-refractivity contribution in [3.63, 3.8) is 0 Å². The van der Waals surface area contributed by atoms with Gasteiger partial charge in [-0.3, -0.25) is 0 Å². The first-order chi connectivity index (χ1) is 19.5. The Hall–Kier alpha value is -2.12. The molecular formula is C26H23N5Na2O8S2. The summed E-state index contributed by atoms with van der Waals surface area (Å²) < 4.78 is 68.4. The monoisotopic (exact) mass is 643 g/mol. The van der Waals surface area contributed by atoms with Crippen LogP contribution in [-0.2, 0) is 20.2 Å². The Labute approximate surface area is 292 Å². The topological polar surface area (TPSA) is 208 Å². The van der Waals surface area contributed by atoms with E-state index in [9.17, 15) is 36.2 Å². The number of benzene rings is 4. The van der Waals surface area contributed by atoms with Crippen molar-refractivity contribution in [3.8, 4) is 0 Å². The van der Waals surface area contributed by atoms with E-state index in [1.807, 2.05) is 4.90 Å². The molecule has 17 heteroatoms. The maximum Gasteiger partial charge on any atom is 1.00 e. The van der Waals surface area contributed by atoms with Gasteiger partial charge in [-0.2, -0.15) is 10.2 Å². The second-order valence-electron chi connectivity index (χ2n) is 8.56. The van der Waals surface area contributed by atoms with Crippen LogP contribution in [0.2, 0.25) is 0 Å². The van der Waals surface area contributed by atoms with Crippen LogP contribution in [0, 0.1) is 0 Å². The third-order valence-corrected chi connectivity index (χ3v) is 7.54. The van der Waals surface area contributed by atoms with Gasteiger partial charge >= 0.3 is 59.1 Å². The van der Waals surface area contributed by atoms with Crippen LogP contribution >= 0.6 is 0 Å². The Morgan fingerprint density at radius 2 is 1.02 bits per heavy atom. The number of rotatable bonds is 11. The molecule has 0 saturated carbocycles. The van der Waals surface area contributed by atoms with E-state index >= 15 is 0 Å². The normalized spacial score (nSPS) is 11.9. The van der Waals surface area contributed by atoms with E-state index in [-0.39, 0.29) is 89.1 Å². The van der Waals surface area contributed by atoms with E-state index in [1.165, 1.54) is 24.3 Å². The number of aliphatic hydroxyl groups excluding tert-OH is 2. The molecule has 0 amide bonds. The smallest absolute Gasteiger partial charge is 0.744 e. The zero-order valence-corrected chi connectivity index (χ0v) is 28.9. The minimum Gasteiger partial charge on any atom is -0.744 e. The summed E-state index contributed by atoms with van der Waals surface area (Å²) in [5.41, 5.74) is 2.05. The zero-order valence-electron chi connectivity index (χ0n) is 23.2. The molecule has 0 unspecified atom stereocenters. The number of hydrogen-bond acceptors (Lipinski definition) is 13. The number of fused-ring (bicyclic) bond motifs is 1. The largest absolute Gasteiger partial charge is 1.00 e. The van der Waals surface area contributed by atoms with E-state index < -0.39 is 30.0 Å². The van der Waals surface area contributed by atoms with Crippen LogP contribution < -0.4 is 64.0 Å². The van der Waals surface area contributed by atoms with Gasteiger partial charge in [-0.25, -0.2) is 16.8 Å². The summed E-state index contributed by atoms with van der Waals surface area (Å²) in [5, 5.41) is 35.8. The van der Waals surface area contributed by atoms with Crippen molar-refractivity contribution in [2.45, 2.75) is 9.79 Å². The summed E-state index contributed by atoms with van der Waals surface area (Å²) in [5.74, 6) is 0. The van der Waals surface area contributed by atoms with Crippen molar-refractivity contribution < 1.29 is 95.3 Å². The van der Waals surface area contributed by atoms with E-state index in [1.54, 1.807) is 30.3 Å². The van der Waals surface area contributed by atoms with Crippen molar-refractivity contribution in [3.05, 3.63) is 78.9 Å². The van der Waals surface area contributed by atoms with Crippen LogP contribution in [-0.4, -0.2) is 62.5 Å². The molecule has 0 heterocycles. The Balaban J connectivity index is 0.00000323. The number of azo groups is 2. The molecule has 2 N–H and O–H groups in total. The molecule has 0 fully saturated rings. The summed E-state index contributed by atoms with van der Waals surface area (Å²) in [6, 6.07) is 18.5. The fourth-order valence-corrected chi connectivity index (χ4v) is 4.84. The average molecular weight is 644 g/mol. The summed E-state index contributed by atoms with van der Waals surface area (Å²) in [4.78, 5) is 0.902. The number of nitrogens with zero attached hydrogens (tertiary/aromatic N) is 5. The molecule has 4 aromatic rings. The molecule has 0 bridgehead atoms. The maximum absolute atomic E-state index is 11.7. The molecule has 0 atom stereocenters. The average Bonchev–Trinajstić information content (AvgIpc) is 2.94. The van der Waals surface area contributed by atoms with Gasteiger partial charge in [0.1, 0.15) is 20.2 Å². The predicted octanol–water partition coefficient (Wildman–Crippen LogP) is -1.72. The molecule has 0 aromatic heterocycles. The van der Waals surface area contributed by atoms with Crippen LogP contribution in [0.5, 0.6) is 0 Å². The van der Waals surface area contributed by atoms with Gasteiger partial charge in [0.15, 0.2) is 0 Å². The van der Waals surface area contributed by atoms with Gasteiger partial charge < -0.3 is 24.2 Å². The van der Waals surface area contributed by atoms with Gasteiger partial charge in [0, 0.05) is 29.5 Å². The van der Waals surface area contributed by atoms with Crippen LogP contribution in [0.1, 0.15) is 0 Å². The van der Waals surface area contributed by atoms with E-state index in [4.69, 9.17) is 0 Å². The van der Waals surface area contributed by atoms with Crippen molar-refractivity contribution in [2.24, 2.45) is 20.5 Å². The minimum absolute atomic E-state index is 0. The van der Waals surface area contributed by atoms with Crippen molar-refractivity contribution in [1.29, 1.82) is 0 Å². The Bertz CT molecular complexity index is 1820. The molecule has 4 aromatic carbocycles. The fourth-order valence-electron chi connectivity index (χ4n) is 3.87. The first-order valence-corrected chi connectivity index (χ1v) is 14.8. The van der Waals surface area contributed by atoms with Crippen molar-refractivity contribution >= 4 is 59.4 Å². The van der Waals surface area contributed by atoms with Crippen LogP contribution in [0.25, 0.3) is 10.8 Å². The van der Waals surface area contributed by atoms with Gasteiger partial charge in [0.2, 0.25) is 0 Å². The first-order valence-electron chi connectivity index (χ1n) is 12.0. The SMILES string of the molecule is O=S(=O)([O-])c1ccc(N=Nc2ccc(N=Nc3ccc(N(CCO)CCO)cc3)c3ccc(S(=O)(=O)[O-])cc23)cc1.[Na+].[Na+]. The summed E-state index contributed by atoms with van der Waals surface area (Å²) >= 11 is 0. The van der Waals surface area contributed by atoms with E-state index in [2.05, 4.69) is 20.5 Å². The molecule has 4 rings (SSSR count). The summed E-state index contributed by atoms with van der Waals surface area (Å²) in [6.07, 6.45) is 0. The standard InChI is InChI=1S/C26H25N5O8S2.2Na/c32-15-13-31(14-16-33)20-5-1-18(2-6-20)27-29-25-11-12-26(24-17-22(41(37,38)39)9-10-23(24)25)30-28-19-3-7-21(8-4-19)40(34,35)36;;/h1-12,17,32-33H,13-16H2,(H,34,35,36)(H,37,38,39);;/q;2*+1/p-2. The molecule has 13 nitrogen and oxygen atoms in total. The molecule has 0 aliphatic carbocycles. The van der Waals surface area contributed by atoms with Crippen molar-refractivity contribution in [1.82, 2.24) is 0 Å². The molecule has 43 heavy (non-hydrogen) atoms. The molecule has 0 aliphatic rings. The van der Waals surface area contributed by atoms with Gasteiger partial charge in [0.25, 0.3) is 0 Å². The van der Waals surface area contributed by atoms with Crippen molar-refractivity contribution in [2.75, 3.05) is 31.2 Å². The molecule has 0 saturated heterocycles. The van der Waals surface area contributed by atoms with Gasteiger partial charge in [-0.1, -0.05) is 6.07 Å². The van der Waals surface area contributed by atoms with Gasteiger partial charge in [0.05, 0.1) is 45.8 Å². The van der Waals surface area contributed by atoms with Gasteiger partial charge in [-0.05, 0) is 72.8 Å². The van der Waals surface area contributed by atoms with Crippen LogP contribution in [0.4, 0.5) is 28.4 Å².